The van der Waals surface area contributed by atoms with Crippen molar-refractivity contribution < 1.29 is 24.4 Å². The van der Waals surface area contributed by atoms with E-state index < -0.39 is 22.7 Å². The predicted octanol–water partition coefficient (Wildman–Crippen LogP) is 4.86. The van der Waals surface area contributed by atoms with Crippen molar-refractivity contribution in [2.24, 2.45) is 0 Å². The molecule has 9 heteroatoms. The van der Waals surface area contributed by atoms with Gasteiger partial charge in [-0.15, -0.1) is 0 Å². The summed E-state index contributed by atoms with van der Waals surface area (Å²) in [6.45, 7) is 3.07. The fourth-order valence-electron chi connectivity index (χ4n) is 4.70. The first-order valence-electron chi connectivity index (χ1n) is 12.6. The number of hydrogen-bond acceptors (Lipinski definition) is 7. The van der Waals surface area contributed by atoms with E-state index in [2.05, 4.69) is 0 Å². The number of aliphatic hydroxyl groups excluding tert-OH is 1. The second-order valence-corrected chi connectivity index (χ2v) is 9.75. The van der Waals surface area contributed by atoms with Gasteiger partial charge in [0.05, 0.1) is 16.5 Å². The van der Waals surface area contributed by atoms with Gasteiger partial charge >= 0.3 is 0 Å². The number of carbonyl (C=O) groups is 2. The zero-order valence-electron chi connectivity index (χ0n) is 22.2. The van der Waals surface area contributed by atoms with Gasteiger partial charge in [-0.3, -0.25) is 19.7 Å². The summed E-state index contributed by atoms with van der Waals surface area (Å²) in [6, 6.07) is 19.7. The SMILES string of the molecule is Cc1cc(OCc2ccccc2)ccc1/C(O)=C1\C(=O)C(=O)N(CCCN(C)C)C1c1cccc([N+](=O)[O-])c1. The number of aryl methyl sites for hydroxylation is 1. The van der Waals surface area contributed by atoms with Crippen molar-refractivity contribution in [3.63, 3.8) is 0 Å². The summed E-state index contributed by atoms with van der Waals surface area (Å²) in [7, 11) is 3.81. The van der Waals surface area contributed by atoms with Crippen LogP contribution in [0.5, 0.6) is 5.75 Å². The first kappa shape index (κ1) is 27.5. The lowest BCUT2D eigenvalue weighted by molar-refractivity contribution is -0.384. The number of ether oxygens (including phenoxy) is 1. The summed E-state index contributed by atoms with van der Waals surface area (Å²) < 4.78 is 5.88. The van der Waals surface area contributed by atoms with Crippen LogP contribution in [0.25, 0.3) is 5.76 Å². The molecule has 1 N–H and O–H groups in total. The van der Waals surface area contributed by atoms with Crippen LogP contribution in [0.4, 0.5) is 5.69 Å². The van der Waals surface area contributed by atoms with E-state index >= 15 is 0 Å². The average Bonchev–Trinajstić information content (AvgIpc) is 3.17. The molecule has 4 rings (SSSR count). The molecule has 202 valence electrons. The molecule has 1 aliphatic heterocycles. The van der Waals surface area contributed by atoms with Crippen LogP contribution in [-0.4, -0.2) is 58.7 Å². The fourth-order valence-corrected chi connectivity index (χ4v) is 4.70. The molecule has 0 aromatic heterocycles. The largest absolute Gasteiger partial charge is 0.507 e. The minimum Gasteiger partial charge on any atom is -0.507 e. The zero-order chi connectivity index (χ0) is 28.1. The zero-order valence-corrected chi connectivity index (χ0v) is 22.2. The monoisotopic (exact) mass is 529 g/mol. The van der Waals surface area contributed by atoms with Crippen molar-refractivity contribution in [1.82, 2.24) is 9.80 Å². The number of nitro benzene ring substituents is 1. The molecule has 1 heterocycles. The number of rotatable bonds is 10. The number of non-ortho nitro benzene ring substituents is 1. The Morgan fingerprint density at radius 1 is 1.05 bits per heavy atom. The number of ketones is 1. The molecule has 0 aliphatic carbocycles. The first-order chi connectivity index (χ1) is 18.7. The number of nitrogens with zero attached hydrogens (tertiary/aromatic N) is 3. The Morgan fingerprint density at radius 2 is 1.79 bits per heavy atom. The van der Waals surface area contributed by atoms with Gasteiger partial charge in [0, 0.05) is 24.2 Å². The van der Waals surface area contributed by atoms with Crippen molar-refractivity contribution in [3.05, 3.63) is 111 Å². The van der Waals surface area contributed by atoms with E-state index in [4.69, 9.17) is 4.74 Å². The minimum absolute atomic E-state index is 0.0913. The minimum atomic E-state index is -0.958. The van der Waals surface area contributed by atoms with Crippen molar-refractivity contribution in [2.45, 2.75) is 26.0 Å². The molecule has 3 aromatic carbocycles. The van der Waals surface area contributed by atoms with E-state index in [1.165, 1.54) is 23.1 Å². The maximum atomic E-state index is 13.3. The van der Waals surface area contributed by atoms with Crippen LogP contribution < -0.4 is 4.74 Å². The van der Waals surface area contributed by atoms with Crippen LogP contribution in [0.3, 0.4) is 0 Å². The molecule has 3 aromatic rings. The summed E-state index contributed by atoms with van der Waals surface area (Å²) in [5, 5.41) is 22.9. The van der Waals surface area contributed by atoms with E-state index in [0.29, 0.717) is 42.0 Å². The van der Waals surface area contributed by atoms with Gasteiger partial charge < -0.3 is 19.6 Å². The molecule has 0 spiro atoms. The Bertz CT molecular complexity index is 1420. The van der Waals surface area contributed by atoms with Gasteiger partial charge in [0.25, 0.3) is 17.4 Å². The topological polar surface area (TPSA) is 113 Å². The highest BCUT2D eigenvalue weighted by molar-refractivity contribution is 6.46. The van der Waals surface area contributed by atoms with Gasteiger partial charge in [0.2, 0.25) is 0 Å². The molecule has 0 bridgehead atoms. The van der Waals surface area contributed by atoms with Gasteiger partial charge in [-0.1, -0.05) is 42.5 Å². The third kappa shape index (κ3) is 6.15. The highest BCUT2D eigenvalue weighted by Crippen LogP contribution is 2.41. The van der Waals surface area contributed by atoms with Crippen LogP contribution >= 0.6 is 0 Å². The van der Waals surface area contributed by atoms with Crippen molar-refractivity contribution in [2.75, 3.05) is 27.2 Å². The fraction of sp³-hybridized carbons (Fsp3) is 0.267. The van der Waals surface area contributed by atoms with Gasteiger partial charge in [0.15, 0.2) is 0 Å². The van der Waals surface area contributed by atoms with Crippen molar-refractivity contribution in [3.8, 4) is 5.75 Å². The molecule has 1 fully saturated rings. The van der Waals surface area contributed by atoms with E-state index in [-0.39, 0.29) is 23.6 Å². The maximum Gasteiger partial charge on any atom is 0.295 e. The lowest BCUT2D eigenvalue weighted by Crippen LogP contribution is -2.32. The summed E-state index contributed by atoms with van der Waals surface area (Å²) in [5.74, 6) is -1.30. The van der Waals surface area contributed by atoms with E-state index in [0.717, 1.165) is 5.56 Å². The van der Waals surface area contributed by atoms with E-state index in [1.54, 1.807) is 31.2 Å². The normalized spacial score (nSPS) is 16.6. The Morgan fingerprint density at radius 3 is 2.46 bits per heavy atom. The maximum absolute atomic E-state index is 13.3. The number of amides is 1. The van der Waals surface area contributed by atoms with Crippen molar-refractivity contribution >= 4 is 23.1 Å². The molecule has 9 nitrogen and oxygen atoms in total. The quantitative estimate of drug-likeness (QED) is 0.131. The number of Topliss-reactive ketones (excluding diaryl/α,β-unsaturated/α-hetero) is 1. The van der Waals surface area contributed by atoms with Gasteiger partial charge in [-0.05, 0) is 68.9 Å². The molecule has 1 unspecified atom stereocenters. The standard InChI is InChI=1S/C30H31N3O6/c1-20-17-24(39-19-21-9-5-4-6-10-21)13-14-25(20)28(34)26-27(22-11-7-12-23(18-22)33(37)38)32(30(36)29(26)35)16-8-15-31(2)3/h4-7,9-14,17-18,27,34H,8,15-16,19H2,1-3H3/b28-26+. The van der Waals surface area contributed by atoms with Gasteiger partial charge in [-0.25, -0.2) is 0 Å². The molecule has 1 saturated heterocycles. The number of likely N-dealkylation sites (tertiary alicyclic amines) is 1. The summed E-state index contributed by atoms with van der Waals surface area (Å²) in [5.41, 5.74) is 2.16. The first-order valence-corrected chi connectivity index (χ1v) is 12.6. The summed E-state index contributed by atoms with van der Waals surface area (Å²) in [6.07, 6.45) is 0.581. The molecule has 1 atom stereocenters. The lowest BCUT2D eigenvalue weighted by Gasteiger charge is -2.26. The number of hydrogen-bond donors (Lipinski definition) is 1. The molecular weight excluding hydrogens is 498 g/mol. The summed E-state index contributed by atoms with van der Waals surface area (Å²) >= 11 is 0. The Hall–Kier alpha value is -4.50. The number of nitro groups is 1. The molecule has 39 heavy (non-hydrogen) atoms. The van der Waals surface area contributed by atoms with Crippen LogP contribution in [0.1, 0.15) is 34.7 Å². The lowest BCUT2D eigenvalue weighted by atomic mass is 9.93. The molecular formula is C30H31N3O6. The smallest absolute Gasteiger partial charge is 0.295 e. The number of carbonyl (C=O) groups excluding carboxylic acids is 2. The van der Waals surface area contributed by atoms with Gasteiger partial charge in [-0.2, -0.15) is 0 Å². The number of aliphatic hydroxyl groups is 1. The second kappa shape index (κ2) is 11.9. The third-order valence-corrected chi connectivity index (χ3v) is 6.64. The van der Waals surface area contributed by atoms with Gasteiger partial charge in [0.1, 0.15) is 18.1 Å². The third-order valence-electron chi connectivity index (χ3n) is 6.64. The predicted molar refractivity (Wildman–Crippen MR) is 147 cm³/mol. The Balaban J connectivity index is 1.72. The second-order valence-electron chi connectivity index (χ2n) is 9.75. The van der Waals surface area contributed by atoms with Crippen LogP contribution in [0, 0.1) is 17.0 Å². The molecule has 1 amide bonds. The van der Waals surface area contributed by atoms with Crippen LogP contribution in [0.2, 0.25) is 0 Å². The Labute approximate surface area is 227 Å². The molecule has 0 saturated carbocycles. The summed E-state index contributed by atoms with van der Waals surface area (Å²) in [4.78, 5) is 40.7. The number of benzene rings is 3. The Kier molecular flexibility index (Phi) is 8.41. The van der Waals surface area contributed by atoms with Crippen molar-refractivity contribution in [1.29, 1.82) is 0 Å². The van der Waals surface area contributed by atoms with E-state index in [9.17, 15) is 24.8 Å². The average molecular weight is 530 g/mol. The molecule has 0 radical (unpaired) electrons. The molecule has 1 aliphatic rings. The van der Waals surface area contributed by atoms with E-state index in [1.807, 2.05) is 49.3 Å². The highest BCUT2D eigenvalue weighted by Gasteiger charge is 2.46. The highest BCUT2D eigenvalue weighted by atomic mass is 16.6. The van der Waals surface area contributed by atoms with Crippen LogP contribution in [-0.2, 0) is 16.2 Å². The van der Waals surface area contributed by atoms with Crippen LogP contribution in [0.15, 0.2) is 78.4 Å².